The second kappa shape index (κ2) is 7.92. The van der Waals surface area contributed by atoms with Gasteiger partial charge in [-0.2, -0.15) is 0 Å². The number of carbonyl (C=O) groups excluding carboxylic acids is 2. The third kappa shape index (κ3) is 4.79. The second-order valence-corrected chi connectivity index (χ2v) is 6.56. The van der Waals surface area contributed by atoms with E-state index in [1.165, 1.54) is 18.9 Å². The number of rotatable bonds is 5. The minimum atomic E-state index is -0.413. The maximum absolute atomic E-state index is 12.3. The Morgan fingerprint density at radius 3 is 2.25 bits per heavy atom. The zero-order valence-electron chi connectivity index (χ0n) is 14.0. The lowest BCUT2D eigenvalue weighted by molar-refractivity contribution is -0.115. The number of amides is 1. The van der Waals surface area contributed by atoms with Gasteiger partial charge in [-0.1, -0.05) is 11.8 Å². The minimum absolute atomic E-state index is 0.159. The Balaban J connectivity index is 1.99. The average molecular weight is 345 g/mol. The Morgan fingerprint density at radius 1 is 1.12 bits per heavy atom. The van der Waals surface area contributed by atoms with Gasteiger partial charge in [0.25, 0.3) is 0 Å². The highest BCUT2D eigenvalue weighted by molar-refractivity contribution is 8.00. The summed E-state index contributed by atoms with van der Waals surface area (Å²) in [6.07, 6.45) is 0. The van der Waals surface area contributed by atoms with Crippen LogP contribution in [0.25, 0.3) is 0 Å². The average Bonchev–Trinajstić information content (AvgIpc) is 2.53. The summed E-state index contributed by atoms with van der Waals surface area (Å²) in [6.45, 7) is 5.59. The minimum Gasteiger partial charge on any atom is -0.465 e. The molecule has 1 unspecified atom stereocenters. The molecule has 1 heterocycles. The van der Waals surface area contributed by atoms with Gasteiger partial charge in [0, 0.05) is 17.1 Å². The Kier molecular flexibility index (Phi) is 5.92. The van der Waals surface area contributed by atoms with Crippen LogP contribution in [0.2, 0.25) is 0 Å². The van der Waals surface area contributed by atoms with E-state index in [2.05, 4.69) is 20.0 Å². The molecule has 0 fully saturated rings. The van der Waals surface area contributed by atoms with Gasteiger partial charge in [-0.3, -0.25) is 4.79 Å². The van der Waals surface area contributed by atoms with Gasteiger partial charge in [0.1, 0.15) is 0 Å². The summed E-state index contributed by atoms with van der Waals surface area (Å²) in [7, 11) is 1.33. The summed E-state index contributed by atoms with van der Waals surface area (Å²) in [5, 5.41) is 3.03. The van der Waals surface area contributed by atoms with Gasteiger partial charge in [0.15, 0.2) is 5.16 Å². The molecule has 7 heteroatoms. The fraction of sp³-hybridized carbons (Fsp3) is 0.294. The number of esters is 1. The van der Waals surface area contributed by atoms with Crippen molar-refractivity contribution in [1.82, 2.24) is 9.97 Å². The summed E-state index contributed by atoms with van der Waals surface area (Å²) in [5.41, 5.74) is 2.79. The zero-order chi connectivity index (χ0) is 17.7. The largest absolute Gasteiger partial charge is 0.465 e. The number of methoxy groups -OCH3 is 1. The Hall–Kier alpha value is -2.41. The van der Waals surface area contributed by atoms with Crippen molar-refractivity contribution in [3.63, 3.8) is 0 Å². The van der Waals surface area contributed by atoms with Gasteiger partial charge in [0.2, 0.25) is 5.91 Å². The highest BCUT2D eigenvalue weighted by atomic mass is 32.2. The van der Waals surface area contributed by atoms with Gasteiger partial charge in [-0.05, 0) is 51.1 Å². The van der Waals surface area contributed by atoms with Crippen LogP contribution in [-0.2, 0) is 9.53 Å². The van der Waals surface area contributed by atoms with Crippen molar-refractivity contribution in [3.05, 3.63) is 47.3 Å². The van der Waals surface area contributed by atoms with Crippen LogP contribution < -0.4 is 5.32 Å². The van der Waals surface area contributed by atoms with E-state index in [0.717, 1.165) is 11.4 Å². The van der Waals surface area contributed by atoms with E-state index >= 15 is 0 Å². The molecule has 0 aliphatic carbocycles. The normalized spacial score (nSPS) is 11.7. The topological polar surface area (TPSA) is 81.2 Å². The van der Waals surface area contributed by atoms with Crippen molar-refractivity contribution in [2.75, 3.05) is 12.4 Å². The number of ether oxygens (including phenoxy) is 1. The molecular weight excluding hydrogens is 326 g/mol. The molecule has 0 bridgehead atoms. The van der Waals surface area contributed by atoms with Crippen LogP contribution in [0, 0.1) is 13.8 Å². The van der Waals surface area contributed by atoms with Crippen molar-refractivity contribution < 1.29 is 14.3 Å². The Morgan fingerprint density at radius 2 is 1.71 bits per heavy atom. The monoisotopic (exact) mass is 345 g/mol. The van der Waals surface area contributed by atoms with E-state index in [1.807, 2.05) is 19.9 Å². The van der Waals surface area contributed by atoms with Gasteiger partial charge >= 0.3 is 5.97 Å². The lowest BCUT2D eigenvalue weighted by atomic mass is 10.2. The Labute approximate surface area is 145 Å². The first kappa shape index (κ1) is 17.9. The highest BCUT2D eigenvalue weighted by Crippen LogP contribution is 2.21. The molecule has 6 nitrogen and oxygen atoms in total. The first-order valence-electron chi connectivity index (χ1n) is 7.37. The van der Waals surface area contributed by atoms with Crippen molar-refractivity contribution in [2.24, 2.45) is 0 Å². The molecule has 1 aromatic carbocycles. The lowest BCUT2D eigenvalue weighted by Gasteiger charge is -2.12. The van der Waals surface area contributed by atoms with Crippen LogP contribution in [0.3, 0.4) is 0 Å². The number of aromatic nitrogens is 2. The fourth-order valence-corrected chi connectivity index (χ4v) is 2.88. The van der Waals surface area contributed by atoms with Crippen molar-refractivity contribution >= 4 is 29.3 Å². The maximum Gasteiger partial charge on any atom is 0.337 e. The lowest BCUT2D eigenvalue weighted by Crippen LogP contribution is -2.22. The summed E-state index contributed by atoms with van der Waals surface area (Å²) in [4.78, 5) is 32.3. The summed E-state index contributed by atoms with van der Waals surface area (Å²) >= 11 is 1.30. The predicted octanol–water partition coefficient (Wildman–Crippen LogP) is 3.00. The van der Waals surface area contributed by atoms with Crippen LogP contribution in [-0.4, -0.2) is 34.2 Å². The van der Waals surface area contributed by atoms with Crippen molar-refractivity contribution in [3.8, 4) is 0 Å². The number of hydrogen-bond acceptors (Lipinski definition) is 6. The third-order valence-corrected chi connectivity index (χ3v) is 4.15. The van der Waals surface area contributed by atoms with Crippen LogP contribution in [0.15, 0.2) is 35.5 Å². The van der Waals surface area contributed by atoms with Gasteiger partial charge in [-0.15, -0.1) is 0 Å². The number of hydrogen-bond donors (Lipinski definition) is 1. The molecule has 2 aromatic rings. The quantitative estimate of drug-likeness (QED) is 0.510. The summed E-state index contributed by atoms with van der Waals surface area (Å²) < 4.78 is 4.64. The van der Waals surface area contributed by atoms with Crippen LogP contribution >= 0.6 is 11.8 Å². The fourth-order valence-electron chi connectivity index (χ4n) is 2.01. The predicted molar refractivity (Wildman–Crippen MR) is 93.2 cm³/mol. The molecule has 0 radical (unpaired) electrons. The molecule has 0 aliphatic rings. The van der Waals surface area contributed by atoms with E-state index in [0.29, 0.717) is 16.4 Å². The maximum atomic E-state index is 12.3. The molecule has 1 amide bonds. The van der Waals surface area contributed by atoms with Gasteiger partial charge in [-0.25, -0.2) is 14.8 Å². The molecule has 0 saturated heterocycles. The summed E-state index contributed by atoms with van der Waals surface area (Å²) in [5.74, 6) is -0.572. The first-order valence-corrected chi connectivity index (χ1v) is 8.25. The van der Waals surface area contributed by atoms with E-state index < -0.39 is 5.97 Å². The molecule has 1 N–H and O–H groups in total. The number of benzene rings is 1. The second-order valence-electron chi connectivity index (χ2n) is 5.25. The molecule has 0 aliphatic heterocycles. The summed E-state index contributed by atoms with van der Waals surface area (Å²) in [6, 6.07) is 8.42. The third-order valence-electron chi connectivity index (χ3n) is 3.19. The first-order chi connectivity index (χ1) is 11.4. The molecule has 24 heavy (non-hydrogen) atoms. The Bertz CT molecular complexity index is 727. The van der Waals surface area contributed by atoms with Crippen molar-refractivity contribution in [2.45, 2.75) is 31.2 Å². The molecule has 2 rings (SSSR count). The molecule has 126 valence electrons. The molecular formula is C17H19N3O3S. The number of thioether (sulfide) groups is 1. The van der Waals surface area contributed by atoms with Crippen LogP contribution in [0.5, 0.6) is 0 Å². The molecule has 0 saturated carbocycles. The number of nitrogens with one attached hydrogen (secondary N) is 1. The number of anilines is 1. The van der Waals surface area contributed by atoms with E-state index in [-0.39, 0.29) is 11.2 Å². The van der Waals surface area contributed by atoms with Crippen LogP contribution in [0.4, 0.5) is 5.69 Å². The SMILES string of the molecule is COC(=O)c1ccc(NC(=O)C(C)Sc2nc(C)cc(C)n2)cc1. The standard InChI is InChI=1S/C17H19N3O3S/c1-10-9-11(2)19-17(18-10)24-12(3)15(21)20-14-7-5-13(6-8-14)16(22)23-4/h5-9,12H,1-4H3,(H,20,21). The van der Waals surface area contributed by atoms with Crippen molar-refractivity contribution in [1.29, 1.82) is 0 Å². The molecule has 1 atom stereocenters. The highest BCUT2D eigenvalue weighted by Gasteiger charge is 2.17. The van der Waals surface area contributed by atoms with E-state index in [4.69, 9.17) is 0 Å². The smallest absolute Gasteiger partial charge is 0.337 e. The molecule has 1 aromatic heterocycles. The van der Waals surface area contributed by atoms with E-state index in [9.17, 15) is 9.59 Å². The molecule has 0 spiro atoms. The number of aryl methyl sites for hydroxylation is 2. The van der Waals surface area contributed by atoms with Gasteiger partial charge < -0.3 is 10.1 Å². The van der Waals surface area contributed by atoms with E-state index in [1.54, 1.807) is 31.2 Å². The van der Waals surface area contributed by atoms with Crippen LogP contribution in [0.1, 0.15) is 28.7 Å². The zero-order valence-corrected chi connectivity index (χ0v) is 14.8. The number of carbonyl (C=O) groups is 2. The van der Waals surface area contributed by atoms with Gasteiger partial charge in [0.05, 0.1) is 17.9 Å². The number of nitrogens with zero attached hydrogens (tertiary/aromatic N) is 2.